The molecule has 7 atom stereocenters. The van der Waals surface area contributed by atoms with Gasteiger partial charge in [-0.3, -0.25) is 9.00 Å². The Kier molecular flexibility index (Phi) is 8.12. The molecule has 8 nitrogen and oxygen atoms in total. The van der Waals surface area contributed by atoms with Gasteiger partial charge >= 0.3 is 6.09 Å². The highest BCUT2D eigenvalue weighted by molar-refractivity contribution is 7.84. The van der Waals surface area contributed by atoms with E-state index in [4.69, 9.17) is 26.0 Å². The van der Waals surface area contributed by atoms with Gasteiger partial charge in [0.15, 0.2) is 0 Å². The molecule has 2 fully saturated rings. The quantitative estimate of drug-likeness (QED) is 0.350. The molecule has 1 aliphatic heterocycles. The van der Waals surface area contributed by atoms with Crippen LogP contribution in [-0.4, -0.2) is 74.4 Å². The van der Waals surface area contributed by atoms with Crippen LogP contribution >= 0.6 is 11.8 Å². The maximum absolute atomic E-state index is 12.2. The zero-order valence-corrected chi connectivity index (χ0v) is 19.9. The molecular weight excluding hydrogens is 434 g/mol. The Morgan fingerprint density at radius 2 is 2.00 bits per heavy atom. The van der Waals surface area contributed by atoms with Gasteiger partial charge in [-0.05, 0) is 40.0 Å². The van der Waals surface area contributed by atoms with Gasteiger partial charge in [-0.2, -0.15) is 4.42 Å². The lowest BCUT2D eigenvalue weighted by atomic mass is 9.66. The third-order valence-corrected chi connectivity index (χ3v) is 7.17. The number of carbonyl (C=O) groups excluding carboxylic acids is 2. The van der Waals surface area contributed by atoms with E-state index in [0.29, 0.717) is 10.8 Å². The summed E-state index contributed by atoms with van der Waals surface area (Å²) < 4.78 is 29.6. The summed E-state index contributed by atoms with van der Waals surface area (Å²) in [6.07, 6.45) is 2.16. The van der Waals surface area contributed by atoms with Crippen LogP contribution in [0.1, 0.15) is 47.0 Å². The topological polar surface area (TPSA) is 106 Å². The fraction of sp³-hybridized carbons (Fsp3) is 0.800. The van der Waals surface area contributed by atoms with E-state index < -0.39 is 52.1 Å². The number of carbonyl (C=O) groups is 2. The third kappa shape index (κ3) is 5.43. The molecule has 7 unspecified atom stereocenters. The van der Waals surface area contributed by atoms with E-state index in [-0.39, 0.29) is 24.7 Å². The summed E-state index contributed by atoms with van der Waals surface area (Å²) in [6, 6.07) is 0. The predicted octanol–water partition coefficient (Wildman–Crippen LogP) is 2.54. The summed E-state index contributed by atoms with van der Waals surface area (Å²) in [5.74, 6) is -1.20. The van der Waals surface area contributed by atoms with Crippen LogP contribution in [0.2, 0.25) is 0 Å². The number of ether oxygens (including phenoxy) is 3. The van der Waals surface area contributed by atoms with Gasteiger partial charge in [-0.1, -0.05) is 11.6 Å². The number of allylic oxidation sites excluding steroid dienone is 1. The van der Waals surface area contributed by atoms with E-state index in [1.54, 1.807) is 0 Å². The summed E-state index contributed by atoms with van der Waals surface area (Å²) in [5.41, 5.74) is -0.908. The number of aliphatic hydroxyl groups is 1. The molecule has 1 N–H and O–H groups in total. The van der Waals surface area contributed by atoms with Crippen LogP contribution in [0.25, 0.3) is 0 Å². The molecule has 30 heavy (non-hydrogen) atoms. The number of halogens is 1. The SMILES string of the molecule is COC1C(OC(=O)N(Cl)C(C)=O)CCC(O)(CS(C)=O)C1C1(C)OC1CC=C(C)C. The number of nitrogens with zero attached hydrogens (tertiary/aromatic N) is 1. The van der Waals surface area contributed by atoms with Gasteiger partial charge in [-0.15, -0.1) is 0 Å². The molecule has 1 saturated heterocycles. The molecule has 0 aromatic heterocycles. The first-order valence-corrected chi connectivity index (χ1v) is 12.0. The van der Waals surface area contributed by atoms with Crippen molar-refractivity contribution in [3.05, 3.63) is 11.6 Å². The number of amides is 2. The van der Waals surface area contributed by atoms with Crippen molar-refractivity contribution in [3.8, 4) is 0 Å². The minimum atomic E-state index is -1.32. The molecule has 2 aliphatic rings. The largest absolute Gasteiger partial charge is 0.442 e. The molecule has 172 valence electrons. The van der Waals surface area contributed by atoms with E-state index in [1.807, 2.05) is 20.8 Å². The van der Waals surface area contributed by atoms with Gasteiger partial charge in [0.05, 0.1) is 17.5 Å². The fourth-order valence-electron chi connectivity index (χ4n) is 4.50. The summed E-state index contributed by atoms with van der Waals surface area (Å²) in [7, 11) is 0.206. The monoisotopic (exact) mass is 465 g/mol. The van der Waals surface area contributed by atoms with Crippen LogP contribution in [0.5, 0.6) is 0 Å². The van der Waals surface area contributed by atoms with Crippen LogP contribution in [0, 0.1) is 5.92 Å². The summed E-state index contributed by atoms with van der Waals surface area (Å²) in [5, 5.41) is 11.5. The van der Waals surface area contributed by atoms with Crippen molar-refractivity contribution in [2.75, 3.05) is 19.1 Å². The minimum absolute atomic E-state index is 0.0571. The smallest absolute Gasteiger partial charge is 0.432 e. The average molecular weight is 466 g/mol. The molecule has 0 aromatic rings. The van der Waals surface area contributed by atoms with Crippen LogP contribution in [-0.2, 0) is 29.8 Å². The number of rotatable bonds is 7. The molecule has 0 radical (unpaired) electrons. The molecular formula is C20H32ClNO7S. The van der Waals surface area contributed by atoms with Crippen LogP contribution < -0.4 is 0 Å². The molecule has 0 spiro atoms. The maximum atomic E-state index is 12.2. The normalized spacial score (nSPS) is 36.5. The van der Waals surface area contributed by atoms with Gasteiger partial charge < -0.3 is 19.3 Å². The van der Waals surface area contributed by atoms with Gasteiger partial charge in [0.1, 0.15) is 17.8 Å². The van der Waals surface area contributed by atoms with Crippen molar-refractivity contribution in [1.29, 1.82) is 0 Å². The maximum Gasteiger partial charge on any atom is 0.432 e. The Balaban J connectivity index is 2.33. The van der Waals surface area contributed by atoms with E-state index in [1.165, 1.54) is 13.4 Å². The Morgan fingerprint density at radius 1 is 1.37 bits per heavy atom. The van der Waals surface area contributed by atoms with Gasteiger partial charge in [0.2, 0.25) is 5.91 Å². The van der Waals surface area contributed by atoms with Crippen LogP contribution in [0.3, 0.4) is 0 Å². The van der Waals surface area contributed by atoms with Crippen molar-refractivity contribution in [2.24, 2.45) is 5.92 Å². The number of methoxy groups -OCH3 is 1. The van der Waals surface area contributed by atoms with Crippen LogP contribution in [0.4, 0.5) is 4.79 Å². The molecule has 2 amide bonds. The Hall–Kier alpha value is -1.00. The lowest BCUT2D eigenvalue weighted by Gasteiger charge is -2.48. The first-order valence-electron chi connectivity index (χ1n) is 9.89. The van der Waals surface area contributed by atoms with Gasteiger partial charge in [0, 0.05) is 48.8 Å². The second-order valence-corrected chi connectivity index (χ2v) is 10.3. The van der Waals surface area contributed by atoms with Crippen molar-refractivity contribution < 1.29 is 33.1 Å². The summed E-state index contributed by atoms with van der Waals surface area (Å²) >= 11 is 5.68. The number of hydrogen-bond acceptors (Lipinski definition) is 7. The Morgan fingerprint density at radius 3 is 2.50 bits per heavy atom. The first-order chi connectivity index (χ1) is 13.9. The van der Waals surface area contributed by atoms with E-state index in [2.05, 4.69) is 6.08 Å². The minimum Gasteiger partial charge on any atom is -0.442 e. The van der Waals surface area contributed by atoms with Crippen molar-refractivity contribution in [2.45, 2.75) is 76.5 Å². The zero-order chi connectivity index (χ0) is 22.9. The molecule has 10 heteroatoms. The fourth-order valence-corrected chi connectivity index (χ4v) is 5.56. The van der Waals surface area contributed by atoms with Gasteiger partial charge in [0.25, 0.3) is 0 Å². The second-order valence-electron chi connectivity index (χ2n) is 8.57. The average Bonchev–Trinajstić information content (AvgIpc) is 3.30. The van der Waals surface area contributed by atoms with E-state index in [0.717, 1.165) is 12.5 Å². The molecule has 0 bridgehead atoms. The molecule has 2 rings (SSSR count). The standard InChI is InChI=1S/C20H32ClNO7S/c1-12(2)7-8-15-19(4,29-15)17-16(27-5)14(28-18(24)22(21)13(3)23)9-10-20(17,25)11-30(6)26/h7,14-17,25H,8-11H2,1-6H3. The van der Waals surface area contributed by atoms with Crippen molar-refractivity contribution in [1.82, 2.24) is 4.42 Å². The highest BCUT2D eigenvalue weighted by Crippen LogP contribution is 2.54. The second kappa shape index (κ2) is 9.65. The highest BCUT2D eigenvalue weighted by Gasteiger charge is 2.67. The van der Waals surface area contributed by atoms with E-state index in [9.17, 15) is 18.9 Å². The summed E-state index contributed by atoms with van der Waals surface area (Å²) in [6.45, 7) is 7.03. The van der Waals surface area contributed by atoms with Crippen molar-refractivity contribution in [3.63, 3.8) is 0 Å². The first kappa shape index (κ1) is 25.3. The molecule has 1 aliphatic carbocycles. The predicted molar refractivity (Wildman–Crippen MR) is 113 cm³/mol. The molecule has 0 aromatic carbocycles. The van der Waals surface area contributed by atoms with Crippen LogP contribution in [0.15, 0.2) is 11.6 Å². The van der Waals surface area contributed by atoms with Gasteiger partial charge in [-0.25, -0.2) is 4.79 Å². The summed E-state index contributed by atoms with van der Waals surface area (Å²) in [4.78, 5) is 23.6. The lowest BCUT2D eigenvalue weighted by molar-refractivity contribution is -0.171. The molecule has 1 saturated carbocycles. The number of epoxide rings is 1. The lowest BCUT2D eigenvalue weighted by Crippen LogP contribution is -2.62. The Labute approximate surface area is 185 Å². The molecule has 1 heterocycles. The zero-order valence-electron chi connectivity index (χ0n) is 18.3. The van der Waals surface area contributed by atoms with E-state index >= 15 is 0 Å². The Bertz CT molecular complexity index is 728. The number of hydrogen-bond donors (Lipinski definition) is 1. The number of imide groups is 1. The highest BCUT2D eigenvalue weighted by atomic mass is 35.5. The van der Waals surface area contributed by atoms with Crippen molar-refractivity contribution >= 4 is 34.6 Å². The third-order valence-electron chi connectivity index (χ3n) is 5.89.